The molecule has 1 atom stereocenters. The lowest BCUT2D eigenvalue weighted by Gasteiger charge is -2.14. The van der Waals surface area contributed by atoms with Crippen LogP contribution < -0.4 is 9.47 Å². The molecule has 0 saturated carbocycles. The summed E-state index contributed by atoms with van der Waals surface area (Å²) in [5.41, 5.74) is 4.89. The first-order valence-corrected chi connectivity index (χ1v) is 6.54. The van der Waals surface area contributed by atoms with Crippen molar-refractivity contribution in [3.63, 3.8) is 0 Å². The van der Waals surface area contributed by atoms with E-state index >= 15 is 0 Å². The van der Waals surface area contributed by atoms with Crippen molar-refractivity contribution in [1.29, 1.82) is 0 Å². The molecule has 2 aromatic rings. The molecule has 1 aromatic heterocycles. The van der Waals surface area contributed by atoms with Crippen LogP contribution in [0.15, 0.2) is 18.2 Å². The molecule has 4 nitrogen and oxygen atoms in total. The van der Waals surface area contributed by atoms with Gasteiger partial charge >= 0.3 is 0 Å². The maximum Gasteiger partial charge on any atom is 0.122 e. The van der Waals surface area contributed by atoms with E-state index in [1.807, 2.05) is 32.9 Å². The Kier molecular flexibility index (Phi) is 4.04. The highest BCUT2D eigenvalue weighted by molar-refractivity contribution is 5.44. The fourth-order valence-corrected chi connectivity index (χ4v) is 2.30. The Hall–Kier alpha value is -1.94. The van der Waals surface area contributed by atoms with Crippen LogP contribution in [0, 0.1) is 20.8 Å². The van der Waals surface area contributed by atoms with Crippen LogP contribution >= 0.6 is 0 Å². The van der Waals surface area contributed by atoms with E-state index in [2.05, 4.69) is 4.98 Å². The van der Waals surface area contributed by atoms with Gasteiger partial charge in [-0.3, -0.25) is 0 Å². The highest BCUT2D eigenvalue weighted by Crippen LogP contribution is 2.32. The summed E-state index contributed by atoms with van der Waals surface area (Å²) in [5.74, 6) is 1.33. The van der Waals surface area contributed by atoms with Crippen molar-refractivity contribution >= 4 is 0 Å². The Labute approximate surface area is 119 Å². The number of aliphatic hydroxyl groups excluding tert-OH is 1. The molecule has 0 fully saturated rings. The van der Waals surface area contributed by atoms with Crippen LogP contribution in [0.1, 0.15) is 34.2 Å². The van der Waals surface area contributed by atoms with E-state index in [4.69, 9.17) is 9.47 Å². The summed E-state index contributed by atoms with van der Waals surface area (Å²) in [6.45, 7) is 6.06. The highest BCUT2D eigenvalue weighted by Gasteiger charge is 2.19. The summed E-state index contributed by atoms with van der Waals surface area (Å²) in [4.78, 5) is 3.25. The number of nitrogens with one attached hydrogen (secondary N) is 1. The van der Waals surface area contributed by atoms with Gasteiger partial charge in [-0.1, -0.05) is 0 Å². The van der Waals surface area contributed by atoms with Crippen molar-refractivity contribution in [3.05, 3.63) is 46.3 Å². The minimum absolute atomic E-state index is 0.663. The molecule has 2 rings (SSSR count). The van der Waals surface area contributed by atoms with Gasteiger partial charge < -0.3 is 19.6 Å². The number of aromatic nitrogens is 1. The van der Waals surface area contributed by atoms with Crippen molar-refractivity contribution in [3.8, 4) is 11.5 Å². The number of H-pyrrole nitrogens is 1. The number of aryl methyl sites for hydroxylation is 1. The molecule has 0 bridgehead atoms. The fraction of sp³-hybridized carbons (Fsp3) is 0.375. The molecule has 0 amide bonds. The van der Waals surface area contributed by atoms with Crippen LogP contribution in [-0.4, -0.2) is 24.3 Å². The van der Waals surface area contributed by atoms with Gasteiger partial charge in [0.2, 0.25) is 0 Å². The van der Waals surface area contributed by atoms with Gasteiger partial charge in [0.15, 0.2) is 0 Å². The van der Waals surface area contributed by atoms with Crippen molar-refractivity contribution in [2.75, 3.05) is 14.2 Å². The van der Waals surface area contributed by atoms with Gasteiger partial charge in [-0.05, 0) is 49.6 Å². The largest absolute Gasteiger partial charge is 0.497 e. The van der Waals surface area contributed by atoms with Crippen molar-refractivity contribution in [2.24, 2.45) is 0 Å². The van der Waals surface area contributed by atoms with E-state index in [0.717, 1.165) is 22.5 Å². The van der Waals surface area contributed by atoms with Crippen molar-refractivity contribution in [1.82, 2.24) is 4.98 Å². The Bertz CT molecular complexity index is 594. The van der Waals surface area contributed by atoms with Crippen LogP contribution in [-0.2, 0) is 0 Å². The van der Waals surface area contributed by atoms with Crippen molar-refractivity contribution in [2.45, 2.75) is 26.9 Å². The number of hydrogen-bond acceptors (Lipinski definition) is 3. The van der Waals surface area contributed by atoms with E-state index in [1.54, 1.807) is 20.3 Å². The molecule has 1 heterocycles. The maximum atomic E-state index is 10.6. The van der Waals surface area contributed by atoms with Crippen LogP contribution in [0.4, 0.5) is 0 Å². The zero-order valence-electron chi connectivity index (χ0n) is 12.6. The smallest absolute Gasteiger partial charge is 0.122 e. The van der Waals surface area contributed by atoms with Gasteiger partial charge in [-0.15, -0.1) is 0 Å². The second kappa shape index (κ2) is 5.59. The van der Waals surface area contributed by atoms with E-state index in [-0.39, 0.29) is 0 Å². The third-order valence-corrected chi connectivity index (χ3v) is 3.81. The van der Waals surface area contributed by atoms with E-state index in [1.165, 1.54) is 5.56 Å². The van der Waals surface area contributed by atoms with Gasteiger partial charge in [0.25, 0.3) is 0 Å². The van der Waals surface area contributed by atoms with Gasteiger partial charge in [-0.25, -0.2) is 0 Å². The molecule has 2 N–H and O–H groups in total. The van der Waals surface area contributed by atoms with Gasteiger partial charge in [0.1, 0.15) is 17.6 Å². The Balaban J connectivity index is 2.46. The molecule has 1 unspecified atom stereocenters. The standard InChI is InChI=1S/C16H21NO3/c1-9-10(2)15(17-11(9)3)16(18)12-6-13(19-4)8-14(7-12)20-5/h6-8,16-18H,1-5H3. The molecule has 0 spiro atoms. The summed E-state index contributed by atoms with van der Waals surface area (Å²) in [7, 11) is 3.19. The Morgan fingerprint density at radius 3 is 1.90 bits per heavy atom. The van der Waals surface area contributed by atoms with E-state index < -0.39 is 6.10 Å². The molecular formula is C16H21NO3. The number of aromatic amines is 1. The quantitative estimate of drug-likeness (QED) is 0.901. The molecule has 0 aliphatic carbocycles. The lowest BCUT2D eigenvalue weighted by atomic mass is 10.0. The molecule has 1 aromatic carbocycles. The summed E-state index contributed by atoms with van der Waals surface area (Å²) in [5, 5.41) is 10.6. The SMILES string of the molecule is COc1cc(OC)cc(C(O)c2[nH]c(C)c(C)c2C)c1. The lowest BCUT2D eigenvalue weighted by Crippen LogP contribution is -2.03. The van der Waals surface area contributed by atoms with Crippen LogP contribution in [0.3, 0.4) is 0 Å². The number of methoxy groups -OCH3 is 2. The summed E-state index contributed by atoms with van der Waals surface area (Å²) >= 11 is 0. The number of hydrogen-bond donors (Lipinski definition) is 2. The predicted octanol–water partition coefficient (Wildman–Crippen LogP) is 3.04. The minimum Gasteiger partial charge on any atom is -0.497 e. The summed E-state index contributed by atoms with van der Waals surface area (Å²) in [6.07, 6.45) is -0.730. The molecule has 0 radical (unpaired) electrons. The Morgan fingerprint density at radius 1 is 0.950 bits per heavy atom. The first-order chi connectivity index (χ1) is 9.47. The van der Waals surface area contributed by atoms with Crippen LogP contribution in [0.5, 0.6) is 11.5 Å². The summed E-state index contributed by atoms with van der Waals surface area (Å²) < 4.78 is 10.5. The number of aliphatic hydroxyl groups is 1. The van der Waals surface area contributed by atoms with Gasteiger partial charge in [0, 0.05) is 11.8 Å². The van der Waals surface area contributed by atoms with E-state index in [0.29, 0.717) is 11.5 Å². The normalized spacial score (nSPS) is 12.3. The molecule has 20 heavy (non-hydrogen) atoms. The fourth-order valence-electron chi connectivity index (χ4n) is 2.30. The molecule has 0 aliphatic rings. The molecular weight excluding hydrogens is 254 g/mol. The topological polar surface area (TPSA) is 54.5 Å². The molecule has 0 saturated heterocycles. The minimum atomic E-state index is -0.730. The second-order valence-corrected chi connectivity index (χ2v) is 4.96. The van der Waals surface area contributed by atoms with Gasteiger partial charge in [-0.2, -0.15) is 0 Å². The average Bonchev–Trinajstić information content (AvgIpc) is 2.73. The number of rotatable bonds is 4. The zero-order chi connectivity index (χ0) is 14.9. The lowest BCUT2D eigenvalue weighted by molar-refractivity contribution is 0.214. The maximum absolute atomic E-state index is 10.6. The molecule has 0 aliphatic heterocycles. The first-order valence-electron chi connectivity index (χ1n) is 6.54. The second-order valence-electron chi connectivity index (χ2n) is 4.96. The number of ether oxygens (including phenoxy) is 2. The van der Waals surface area contributed by atoms with E-state index in [9.17, 15) is 5.11 Å². The van der Waals surface area contributed by atoms with Crippen LogP contribution in [0.25, 0.3) is 0 Å². The number of benzene rings is 1. The average molecular weight is 275 g/mol. The molecule has 4 heteroatoms. The Morgan fingerprint density at radius 2 is 1.50 bits per heavy atom. The van der Waals surface area contributed by atoms with Gasteiger partial charge in [0.05, 0.1) is 19.9 Å². The monoisotopic (exact) mass is 275 g/mol. The third kappa shape index (κ3) is 2.51. The van der Waals surface area contributed by atoms with Crippen LogP contribution in [0.2, 0.25) is 0 Å². The summed E-state index contributed by atoms with van der Waals surface area (Å²) in [6, 6.07) is 5.42. The molecule has 108 valence electrons. The predicted molar refractivity (Wildman–Crippen MR) is 78.6 cm³/mol. The van der Waals surface area contributed by atoms with Crippen molar-refractivity contribution < 1.29 is 14.6 Å². The first kappa shape index (κ1) is 14.5. The zero-order valence-corrected chi connectivity index (χ0v) is 12.6. The third-order valence-electron chi connectivity index (χ3n) is 3.81. The highest BCUT2D eigenvalue weighted by atomic mass is 16.5.